The Morgan fingerprint density at radius 2 is 2.08 bits per heavy atom. The molecule has 0 bridgehead atoms. The van der Waals surface area contributed by atoms with Gasteiger partial charge in [-0.15, -0.1) is 0 Å². The third-order valence-corrected chi connectivity index (χ3v) is 6.34. The highest BCUT2D eigenvalue weighted by Gasteiger charge is 2.23. The van der Waals surface area contributed by atoms with Crippen LogP contribution < -0.4 is 0 Å². The fourth-order valence-corrected chi connectivity index (χ4v) is 3.04. The summed E-state index contributed by atoms with van der Waals surface area (Å²) < 4.78 is 11.4. The lowest BCUT2D eigenvalue weighted by atomic mass is 9.97. The first-order chi connectivity index (χ1) is 11.3. The van der Waals surface area contributed by atoms with Crippen molar-refractivity contribution in [2.24, 2.45) is 5.92 Å². The van der Waals surface area contributed by atoms with E-state index in [4.69, 9.17) is 9.47 Å². The van der Waals surface area contributed by atoms with Crippen LogP contribution in [0.3, 0.4) is 0 Å². The molecule has 1 rings (SSSR count). The highest BCUT2D eigenvalue weighted by atomic mass is 79.9. The van der Waals surface area contributed by atoms with Gasteiger partial charge < -0.3 is 14.6 Å². The van der Waals surface area contributed by atoms with E-state index in [2.05, 4.69) is 35.9 Å². The third kappa shape index (κ3) is 10.2. The normalized spacial score (nSPS) is 22.4. The molecular weight excluding hydrogens is 368 g/mol. The minimum atomic E-state index is -0.656. The van der Waals surface area contributed by atoms with Crippen molar-refractivity contribution in [2.45, 2.75) is 95.8 Å². The van der Waals surface area contributed by atoms with Crippen LogP contribution in [0.5, 0.6) is 0 Å². The minimum Gasteiger partial charge on any atom is -0.389 e. The number of halogens is 1. The van der Waals surface area contributed by atoms with Gasteiger partial charge in [-0.1, -0.05) is 34.5 Å². The second kappa shape index (κ2) is 11.7. The molecule has 0 aliphatic carbocycles. The van der Waals surface area contributed by atoms with E-state index in [0.717, 1.165) is 45.3 Å². The van der Waals surface area contributed by atoms with Gasteiger partial charge in [-0.05, 0) is 78.1 Å². The number of hydrogen-bond acceptors (Lipinski definition) is 3. The van der Waals surface area contributed by atoms with Crippen LogP contribution in [0.15, 0.2) is 11.6 Å². The molecule has 1 heterocycles. The maximum atomic E-state index is 9.94. The van der Waals surface area contributed by atoms with Crippen molar-refractivity contribution in [3.8, 4) is 0 Å². The molecule has 1 aliphatic heterocycles. The first-order valence-electron chi connectivity index (χ1n) is 9.54. The van der Waals surface area contributed by atoms with Crippen LogP contribution in [-0.2, 0) is 9.47 Å². The molecule has 0 radical (unpaired) electrons. The largest absolute Gasteiger partial charge is 0.389 e. The monoisotopic (exact) mass is 404 g/mol. The predicted octanol–water partition coefficient (Wildman–Crippen LogP) is 5.60. The summed E-state index contributed by atoms with van der Waals surface area (Å²) in [5.74, 6) is 0.679. The van der Waals surface area contributed by atoms with E-state index in [0.29, 0.717) is 5.92 Å². The van der Waals surface area contributed by atoms with E-state index >= 15 is 0 Å². The van der Waals surface area contributed by atoms with Gasteiger partial charge in [0, 0.05) is 18.0 Å². The lowest BCUT2D eigenvalue weighted by molar-refractivity contribution is -0.163. The van der Waals surface area contributed by atoms with E-state index in [1.54, 1.807) is 0 Å². The van der Waals surface area contributed by atoms with Crippen LogP contribution in [0.2, 0.25) is 0 Å². The Morgan fingerprint density at radius 1 is 1.33 bits per heavy atom. The molecule has 142 valence electrons. The van der Waals surface area contributed by atoms with Crippen molar-refractivity contribution in [2.75, 3.05) is 13.2 Å². The molecule has 1 N–H and O–H groups in total. The zero-order valence-electron chi connectivity index (χ0n) is 16.0. The van der Waals surface area contributed by atoms with Crippen molar-refractivity contribution >= 4 is 15.9 Å². The average molecular weight is 405 g/mol. The van der Waals surface area contributed by atoms with Gasteiger partial charge in [-0.3, -0.25) is 0 Å². The molecular formula is C20H37BrO3. The summed E-state index contributed by atoms with van der Waals surface area (Å²) >= 11 is 3.58. The molecule has 0 aromatic rings. The van der Waals surface area contributed by atoms with Crippen molar-refractivity contribution in [3.05, 3.63) is 11.6 Å². The van der Waals surface area contributed by atoms with Gasteiger partial charge in [0.2, 0.25) is 0 Å². The molecule has 4 heteroatoms. The lowest BCUT2D eigenvalue weighted by Crippen LogP contribution is -2.31. The fourth-order valence-electron chi connectivity index (χ4n) is 2.81. The highest BCUT2D eigenvalue weighted by Crippen LogP contribution is 2.24. The minimum absolute atomic E-state index is 0.0427. The SMILES string of the molecule is CC(=CCCC(C)CCOC1CCCCO1)CCC(Br)C(C)(C)O. The third-order valence-electron chi connectivity index (χ3n) is 4.76. The van der Waals surface area contributed by atoms with Crippen LogP contribution in [0.4, 0.5) is 0 Å². The van der Waals surface area contributed by atoms with Crippen LogP contribution in [-0.4, -0.2) is 35.0 Å². The average Bonchev–Trinajstić information content (AvgIpc) is 2.52. The zero-order valence-corrected chi connectivity index (χ0v) is 17.6. The first-order valence-corrected chi connectivity index (χ1v) is 10.5. The van der Waals surface area contributed by atoms with E-state index < -0.39 is 5.60 Å². The number of rotatable bonds is 11. The second-order valence-electron chi connectivity index (χ2n) is 7.85. The van der Waals surface area contributed by atoms with Crippen LogP contribution in [0.25, 0.3) is 0 Å². The van der Waals surface area contributed by atoms with Gasteiger partial charge in [0.25, 0.3) is 0 Å². The molecule has 0 saturated carbocycles. The molecule has 0 spiro atoms. The molecule has 3 unspecified atom stereocenters. The van der Waals surface area contributed by atoms with Crippen LogP contribution in [0.1, 0.15) is 79.1 Å². The van der Waals surface area contributed by atoms with E-state index in [1.165, 1.54) is 24.8 Å². The van der Waals surface area contributed by atoms with Gasteiger partial charge in [0.05, 0.1) is 5.60 Å². The maximum absolute atomic E-state index is 9.94. The van der Waals surface area contributed by atoms with Crippen molar-refractivity contribution < 1.29 is 14.6 Å². The highest BCUT2D eigenvalue weighted by molar-refractivity contribution is 9.09. The van der Waals surface area contributed by atoms with Crippen molar-refractivity contribution in [1.29, 1.82) is 0 Å². The molecule has 0 aromatic carbocycles. The molecule has 3 atom stereocenters. The predicted molar refractivity (Wildman–Crippen MR) is 105 cm³/mol. The molecule has 1 saturated heterocycles. The number of ether oxygens (including phenoxy) is 2. The first kappa shape index (κ1) is 22.1. The Kier molecular flexibility index (Phi) is 10.8. The van der Waals surface area contributed by atoms with E-state index in [1.807, 2.05) is 13.8 Å². The Hall–Kier alpha value is 0.100. The summed E-state index contributed by atoms with van der Waals surface area (Å²) in [6.07, 6.45) is 11.3. The van der Waals surface area contributed by atoms with Gasteiger partial charge in [0.1, 0.15) is 0 Å². The topological polar surface area (TPSA) is 38.7 Å². The number of hydrogen-bond donors (Lipinski definition) is 1. The van der Waals surface area contributed by atoms with Gasteiger partial charge in [-0.25, -0.2) is 0 Å². The lowest BCUT2D eigenvalue weighted by Gasteiger charge is -2.24. The van der Waals surface area contributed by atoms with Gasteiger partial charge >= 0.3 is 0 Å². The summed E-state index contributed by atoms with van der Waals surface area (Å²) in [5, 5.41) is 9.94. The molecule has 0 aromatic heterocycles. The van der Waals surface area contributed by atoms with Crippen molar-refractivity contribution in [1.82, 2.24) is 0 Å². The van der Waals surface area contributed by atoms with E-state index in [9.17, 15) is 5.11 Å². The molecule has 0 amide bonds. The van der Waals surface area contributed by atoms with Crippen LogP contribution >= 0.6 is 15.9 Å². The molecule has 1 fully saturated rings. The van der Waals surface area contributed by atoms with Gasteiger partial charge in [-0.2, -0.15) is 0 Å². The smallest absolute Gasteiger partial charge is 0.157 e. The summed E-state index contributed by atoms with van der Waals surface area (Å²) in [7, 11) is 0. The van der Waals surface area contributed by atoms with E-state index in [-0.39, 0.29) is 11.1 Å². The van der Waals surface area contributed by atoms with Gasteiger partial charge in [0.15, 0.2) is 6.29 Å². The van der Waals surface area contributed by atoms with Crippen molar-refractivity contribution in [3.63, 3.8) is 0 Å². The standard InChI is InChI=1S/C20H37BrO3/c1-16(11-12-18(21)20(3,4)22)8-7-9-17(2)13-15-24-19-10-5-6-14-23-19/h8,17-19,22H,5-7,9-15H2,1-4H3. The second-order valence-corrected chi connectivity index (χ2v) is 8.95. The summed E-state index contributed by atoms with van der Waals surface area (Å²) in [6.45, 7) is 9.87. The quantitative estimate of drug-likeness (QED) is 0.359. The molecule has 3 nitrogen and oxygen atoms in total. The number of aliphatic hydroxyl groups is 1. The maximum Gasteiger partial charge on any atom is 0.157 e. The molecule has 24 heavy (non-hydrogen) atoms. The zero-order chi connectivity index (χ0) is 18.0. The summed E-state index contributed by atoms with van der Waals surface area (Å²) in [5.41, 5.74) is 0.763. The van der Waals surface area contributed by atoms with Crippen LogP contribution in [0, 0.1) is 5.92 Å². The Bertz CT molecular complexity index is 356. The Morgan fingerprint density at radius 3 is 2.71 bits per heavy atom. The summed E-state index contributed by atoms with van der Waals surface area (Å²) in [6, 6.07) is 0. The molecule has 1 aliphatic rings. The Balaban J connectivity index is 2.09. The summed E-state index contributed by atoms with van der Waals surface area (Å²) in [4.78, 5) is 0.145. The fraction of sp³-hybridized carbons (Fsp3) is 0.900. The number of allylic oxidation sites excluding steroid dienone is 2. The Labute approximate surface area is 157 Å². The number of alkyl halides is 1.